The first-order chi connectivity index (χ1) is 17.8. The highest BCUT2D eigenvalue weighted by atomic mass is 35.5. The number of halogens is 2. The molecule has 0 aliphatic heterocycles. The average Bonchev–Trinajstić information content (AvgIpc) is 2.90. The molecule has 37 heavy (non-hydrogen) atoms. The normalized spacial score (nSPS) is 14.5. The lowest BCUT2D eigenvalue weighted by Gasteiger charge is -2.22. The van der Waals surface area contributed by atoms with E-state index < -0.39 is 21.7 Å². The summed E-state index contributed by atoms with van der Waals surface area (Å²) in [5.41, 5.74) is 1.70. The number of nitrogens with zero attached hydrogens (tertiary/aromatic N) is 3. The molecule has 1 radical (unpaired) electrons. The molecule has 2 aromatic heterocycles. The highest BCUT2D eigenvalue weighted by Gasteiger charge is 2.22. The first-order valence-electron chi connectivity index (χ1n) is 11.7. The smallest absolute Gasteiger partial charge is 0.264 e. The zero-order valence-electron chi connectivity index (χ0n) is 19.9. The Kier molecular flexibility index (Phi) is 7.12. The number of methoxy groups -OCH3 is 1. The molecule has 2 aromatic carbocycles. The molecular weight excluding hydrogens is 517 g/mol. The molecule has 0 spiro atoms. The van der Waals surface area contributed by atoms with E-state index in [0.717, 1.165) is 36.6 Å². The fourth-order valence-electron chi connectivity index (χ4n) is 4.28. The van der Waals surface area contributed by atoms with E-state index >= 15 is 4.39 Å². The minimum absolute atomic E-state index is 0.00739. The summed E-state index contributed by atoms with van der Waals surface area (Å²) in [6, 6.07) is 12.8. The molecule has 0 unspecified atom stereocenters. The third kappa shape index (κ3) is 5.45. The Bertz CT molecular complexity index is 1560. The van der Waals surface area contributed by atoms with E-state index in [-0.39, 0.29) is 15.8 Å². The lowest BCUT2D eigenvalue weighted by Crippen LogP contribution is -2.23. The summed E-state index contributed by atoms with van der Waals surface area (Å²) in [5.74, 6) is -0.744. The number of benzene rings is 2. The van der Waals surface area contributed by atoms with Crippen LogP contribution in [0.1, 0.15) is 25.7 Å². The van der Waals surface area contributed by atoms with Crippen LogP contribution in [0.3, 0.4) is 0 Å². The van der Waals surface area contributed by atoms with Crippen LogP contribution in [-0.4, -0.2) is 36.5 Å². The first-order valence-corrected chi connectivity index (χ1v) is 13.6. The van der Waals surface area contributed by atoms with E-state index in [1.165, 1.54) is 31.4 Å². The highest BCUT2D eigenvalue weighted by molar-refractivity contribution is 7.92. The fourth-order valence-corrected chi connectivity index (χ4v) is 5.81. The van der Waals surface area contributed by atoms with Gasteiger partial charge >= 0.3 is 0 Å². The van der Waals surface area contributed by atoms with Gasteiger partial charge in [0, 0.05) is 23.2 Å². The summed E-state index contributed by atoms with van der Waals surface area (Å²) in [5, 5.41) is 4.16. The zero-order chi connectivity index (χ0) is 26.0. The molecule has 0 amide bonds. The largest absolute Gasteiger partial charge is 0.480 e. The van der Waals surface area contributed by atoms with Gasteiger partial charge in [0.15, 0.2) is 11.6 Å². The standard InChI is InChI=1S/C26H24ClFN5O3S/c1-36-25-19(14-21(28)24(32-25)33-37(34,35)23-10-6-5-9-20(23)27)16-11-12-22-17(13-16)15-29-26(31-22)30-18-7-3-2-4-8-18/h2,5-6,9-15,18H,3-4,7-8H2,1H3,(H,32,33)(H,29,30,31). The predicted molar refractivity (Wildman–Crippen MR) is 142 cm³/mol. The maximum atomic E-state index is 15.1. The SMILES string of the molecule is COc1nc(NS(=O)(=O)c2ccccc2Cl)c(F)cc1-c1ccc2nc(NC3CC[CH]CC3)ncc2c1. The number of pyridine rings is 1. The summed E-state index contributed by atoms with van der Waals surface area (Å²) < 4.78 is 48.1. The molecule has 1 saturated carbocycles. The molecule has 191 valence electrons. The molecule has 11 heteroatoms. The summed E-state index contributed by atoms with van der Waals surface area (Å²) in [7, 11) is -2.80. The number of sulfonamides is 1. The monoisotopic (exact) mass is 540 g/mol. The Balaban J connectivity index is 1.43. The third-order valence-corrected chi connectivity index (χ3v) is 7.99. The molecule has 2 heterocycles. The molecule has 1 aliphatic rings. The van der Waals surface area contributed by atoms with Gasteiger partial charge in [-0.3, -0.25) is 4.72 Å². The Morgan fingerprint density at radius 3 is 2.62 bits per heavy atom. The van der Waals surface area contributed by atoms with Gasteiger partial charge in [-0.2, -0.15) is 4.98 Å². The number of anilines is 2. The highest BCUT2D eigenvalue weighted by Crippen LogP contribution is 2.34. The van der Waals surface area contributed by atoms with Crippen LogP contribution >= 0.6 is 11.6 Å². The summed E-state index contributed by atoms with van der Waals surface area (Å²) in [6.07, 6.45) is 8.30. The molecule has 8 nitrogen and oxygen atoms in total. The molecule has 1 aliphatic carbocycles. The van der Waals surface area contributed by atoms with E-state index in [4.69, 9.17) is 16.3 Å². The van der Waals surface area contributed by atoms with Crippen LogP contribution in [0.25, 0.3) is 22.0 Å². The Morgan fingerprint density at radius 2 is 1.86 bits per heavy atom. The number of hydrogen-bond acceptors (Lipinski definition) is 7. The number of ether oxygens (including phenoxy) is 1. The summed E-state index contributed by atoms with van der Waals surface area (Å²) >= 11 is 6.01. The van der Waals surface area contributed by atoms with Gasteiger partial charge in [0.05, 0.1) is 17.6 Å². The van der Waals surface area contributed by atoms with Crippen molar-refractivity contribution in [2.24, 2.45) is 0 Å². The van der Waals surface area contributed by atoms with Gasteiger partial charge < -0.3 is 10.1 Å². The average molecular weight is 541 g/mol. The van der Waals surface area contributed by atoms with Crippen molar-refractivity contribution >= 4 is 44.3 Å². The molecular formula is C26H24ClFN5O3S. The Labute approximate surface area is 219 Å². The second kappa shape index (κ2) is 10.5. The van der Waals surface area contributed by atoms with Crippen LogP contribution in [0.15, 0.2) is 59.6 Å². The second-order valence-corrected chi connectivity index (χ2v) is 10.7. The number of rotatable bonds is 7. The molecule has 0 bridgehead atoms. The van der Waals surface area contributed by atoms with Crippen LogP contribution < -0.4 is 14.8 Å². The summed E-state index contributed by atoms with van der Waals surface area (Å²) in [6.45, 7) is 0. The first kappa shape index (κ1) is 25.2. The fraction of sp³-hybridized carbons (Fsp3) is 0.231. The van der Waals surface area contributed by atoms with Crippen molar-refractivity contribution in [3.05, 3.63) is 72.0 Å². The van der Waals surface area contributed by atoms with Gasteiger partial charge in [-0.15, -0.1) is 0 Å². The quantitative estimate of drug-likeness (QED) is 0.303. The lowest BCUT2D eigenvalue weighted by molar-refractivity contribution is 0.398. The topological polar surface area (TPSA) is 106 Å². The van der Waals surface area contributed by atoms with Crippen molar-refractivity contribution in [1.82, 2.24) is 15.0 Å². The van der Waals surface area contributed by atoms with Crippen LogP contribution in [0.4, 0.5) is 16.2 Å². The van der Waals surface area contributed by atoms with Gasteiger partial charge in [0.2, 0.25) is 11.8 Å². The Hall–Kier alpha value is -3.50. The number of nitrogens with one attached hydrogen (secondary N) is 2. The van der Waals surface area contributed by atoms with Crippen molar-refractivity contribution in [3.8, 4) is 17.0 Å². The number of aromatic nitrogens is 3. The van der Waals surface area contributed by atoms with Crippen LogP contribution in [0.5, 0.6) is 5.88 Å². The van der Waals surface area contributed by atoms with E-state index in [0.29, 0.717) is 23.1 Å². The van der Waals surface area contributed by atoms with Crippen molar-refractivity contribution in [1.29, 1.82) is 0 Å². The van der Waals surface area contributed by atoms with E-state index in [1.54, 1.807) is 24.4 Å². The van der Waals surface area contributed by atoms with E-state index in [1.807, 2.05) is 6.07 Å². The van der Waals surface area contributed by atoms with Gasteiger partial charge in [-0.25, -0.2) is 22.8 Å². The maximum Gasteiger partial charge on any atom is 0.264 e. The number of fused-ring (bicyclic) bond motifs is 1. The minimum Gasteiger partial charge on any atom is -0.480 e. The maximum absolute atomic E-state index is 15.1. The van der Waals surface area contributed by atoms with Crippen molar-refractivity contribution < 1.29 is 17.5 Å². The molecule has 0 atom stereocenters. The van der Waals surface area contributed by atoms with Gasteiger partial charge in [-0.1, -0.05) is 29.8 Å². The lowest BCUT2D eigenvalue weighted by atomic mass is 9.96. The third-order valence-electron chi connectivity index (χ3n) is 6.15. The molecule has 1 fully saturated rings. The molecule has 5 rings (SSSR count). The van der Waals surface area contributed by atoms with E-state index in [2.05, 4.69) is 31.4 Å². The molecule has 2 N–H and O–H groups in total. The number of hydrogen-bond donors (Lipinski definition) is 2. The molecule has 4 aromatic rings. The summed E-state index contributed by atoms with van der Waals surface area (Å²) in [4.78, 5) is 13.0. The zero-order valence-corrected chi connectivity index (χ0v) is 21.5. The predicted octanol–water partition coefficient (Wildman–Crippen LogP) is 5.85. The van der Waals surface area contributed by atoms with Crippen molar-refractivity contribution in [2.75, 3.05) is 17.1 Å². The van der Waals surface area contributed by atoms with Gasteiger partial charge in [0.1, 0.15) is 4.90 Å². The van der Waals surface area contributed by atoms with Gasteiger partial charge in [-0.05, 0) is 68.0 Å². The Morgan fingerprint density at radius 1 is 1.08 bits per heavy atom. The van der Waals surface area contributed by atoms with Crippen molar-refractivity contribution in [2.45, 2.75) is 36.6 Å². The van der Waals surface area contributed by atoms with Crippen LogP contribution in [0.2, 0.25) is 5.02 Å². The van der Waals surface area contributed by atoms with Crippen molar-refractivity contribution in [3.63, 3.8) is 0 Å². The van der Waals surface area contributed by atoms with Crippen LogP contribution in [0, 0.1) is 12.2 Å². The molecule has 0 saturated heterocycles. The second-order valence-electron chi connectivity index (χ2n) is 8.66. The minimum atomic E-state index is -4.18. The van der Waals surface area contributed by atoms with E-state index in [9.17, 15) is 8.42 Å². The van der Waals surface area contributed by atoms with Gasteiger partial charge in [0.25, 0.3) is 10.0 Å². The van der Waals surface area contributed by atoms with Crippen LogP contribution in [-0.2, 0) is 10.0 Å².